The third-order valence-corrected chi connectivity index (χ3v) is 11.2. The first kappa shape index (κ1) is 29.0. The van der Waals surface area contributed by atoms with E-state index in [-0.39, 0.29) is 0 Å². The van der Waals surface area contributed by atoms with Gasteiger partial charge >= 0.3 is 0 Å². The first-order valence-corrected chi connectivity index (χ1v) is 18.1. The second-order valence-corrected chi connectivity index (χ2v) is 13.9. The smallest absolute Gasteiger partial charge is 0.00137 e. The molecule has 0 aromatic heterocycles. The van der Waals surface area contributed by atoms with Crippen molar-refractivity contribution >= 4 is 64.6 Å². The predicted molar refractivity (Wildman–Crippen MR) is 224 cm³/mol. The van der Waals surface area contributed by atoms with Gasteiger partial charge in [-0.1, -0.05) is 194 Å². The van der Waals surface area contributed by atoms with Gasteiger partial charge in [-0.05, 0) is 109 Å². The average molecular weight is 657 g/mol. The maximum atomic E-state index is 2.39. The first-order chi connectivity index (χ1) is 25.8. The maximum Gasteiger partial charge on any atom is -0.00137 e. The number of benzene rings is 11. The standard InChI is InChI=1S/C52H32/c1-3-15-33(16-4-1)36-25-13-26-37(34-17-5-2-6-18-34)49(36)44-31-32-45(39-22-8-7-21-38(39)44)50-41-23-9-10-24-42(41)51-46-29-12-20-35-19-11-27-40(48(35)46)43-28-14-30-47(50)52(43)51/h1-32H. The monoisotopic (exact) mass is 656 g/mol. The normalized spacial score (nSPS) is 11.8. The van der Waals surface area contributed by atoms with Crippen LogP contribution in [0.3, 0.4) is 0 Å². The second-order valence-electron chi connectivity index (χ2n) is 13.9. The van der Waals surface area contributed by atoms with E-state index < -0.39 is 0 Å². The number of hydrogen-bond donors (Lipinski definition) is 0. The van der Waals surface area contributed by atoms with Crippen LogP contribution >= 0.6 is 0 Å². The topological polar surface area (TPSA) is 0 Å². The molecule has 0 aliphatic rings. The Morgan fingerprint density at radius 2 is 0.596 bits per heavy atom. The van der Waals surface area contributed by atoms with Crippen LogP contribution in [0.25, 0.3) is 109 Å². The van der Waals surface area contributed by atoms with Crippen LogP contribution in [-0.2, 0) is 0 Å². The molecule has 0 N–H and O–H groups in total. The van der Waals surface area contributed by atoms with Crippen LogP contribution < -0.4 is 0 Å². The molecule has 0 amide bonds. The fourth-order valence-electron chi connectivity index (χ4n) is 9.09. The summed E-state index contributed by atoms with van der Waals surface area (Å²) in [5, 5.41) is 15.7. The lowest BCUT2D eigenvalue weighted by atomic mass is 9.81. The van der Waals surface area contributed by atoms with Gasteiger partial charge in [0.2, 0.25) is 0 Å². The molecular formula is C52H32. The second kappa shape index (κ2) is 11.4. The summed E-state index contributed by atoms with van der Waals surface area (Å²) >= 11 is 0. The number of rotatable bonds is 4. The van der Waals surface area contributed by atoms with E-state index >= 15 is 0 Å². The van der Waals surface area contributed by atoms with Crippen LogP contribution in [0.5, 0.6) is 0 Å². The van der Waals surface area contributed by atoms with Gasteiger partial charge in [-0.15, -0.1) is 0 Å². The summed E-state index contributed by atoms with van der Waals surface area (Å²) in [4.78, 5) is 0. The Bertz CT molecular complexity index is 3090. The molecule has 11 rings (SSSR count). The third kappa shape index (κ3) is 4.16. The summed E-state index contributed by atoms with van der Waals surface area (Å²) in [7, 11) is 0. The molecule has 0 aliphatic heterocycles. The first-order valence-electron chi connectivity index (χ1n) is 18.1. The van der Waals surface area contributed by atoms with Crippen molar-refractivity contribution in [2.45, 2.75) is 0 Å². The Kier molecular flexibility index (Phi) is 6.35. The molecule has 0 heterocycles. The molecule has 0 heteroatoms. The average Bonchev–Trinajstić information content (AvgIpc) is 3.22. The van der Waals surface area contributed by atoms with Crippen molar-refractivity contribution in [2.75, 3.05) is 0 Å². The number of fused-ring (bicyclic) bond motifs is 5. The van der Waals surface area contributed by atoms with E-state index in [0.29, 0.717) is 0 Å². The van der Waals surface area contributed by atoms with Gasteiger partial charge in [-0.25, -0.2) is 0 Å². The van der Waals surface area contributed by atoms with Crippen LogP contribution in [0, 0.1) is 0 Å². The molecular weight excluding hydrogens is 625 g/mol. The van der Waals surface area contributed by atoms with E-state index in [1.54, 1.807) is 0 Å². The Balaban J connectivity index is 1.27. The van der Waals surface area contributed by atoms with Crippen LogP contribution in [0.2, 0.25) is 0 Å². The molecule has 0 nitrogen and oxygen atoms in total. The SMILES string of the molecule is c1ccc(-c2cccc(-c3ccccc3)c2-c2ccc(-c3c4ccccc4c4c5cccc6cccc(c7cccc3c74)c65)c3ccccc23)cc1. The molecule has 0 spiro atoms. The van der Waals surface area contributed by atoms with Gasteiger partial charge in [0.15, 0.2) is 0 Å². The largest absolute Gasteiger partial charge is 0.0622 e. The van der Waals surface area contributed by atoms with Gasteiger partial charge < -0.3 is 0 Å². The molecule has 0 aliphatic carbocycles. The van der Waals surface area contributed by atoms with Gasteiger partial charge in [0, 0.05) is 0 Å². The van der Waals surface area contributed by atoms with E-state index in [2.05, 4.69) is 194 Å². The summed E-state index contributed by atoms with van der Waals surface area (Å²) in [5.74, 6) is 0. The summed E-state index contributed by atoms with van der Waals surface area (Å²) < 4.78 is 0. The summed E-state index contributed by atoms with van der Waals surface area (Å²) in [5.41, 5.74) is 9.96. The molecule has 0 saturated carbocycles. The van der Waals surface area contributed by atoms with Gasteiger partial charge in [0.25, 0.3) is 0 Å². The fraction of sp³-hybridized carbons (Fsp3) is 0. The minimum Gasteiger partial charge on any atom is -0.0622 e. The molecule has 0 atom stereocenters. The van der Waals surface area contributed by atoms with E-state index in [1.165, 1.54) is 109 Å². The van der Waals surface area contributed by atoms with Gasteiger partial charge in [-0.3, -0.25) is 0 Å². The van der Waals surface area contributed by atoms with Gasteiger partial charge in [-0.2, -0.15) is 0 Å². The minimum absolute atomic E-state index is 1.22. The van der Waals surface area contributed by atoms with E-state index in [4.69, 9.17) is 0 Å². The molecule has 11 aromatic rings. The lowest BCUT2D eigenvalue weighted by molar-refractivity contribution is 1.57. The van der Waals surface area contributed by atoms with Crippen LogP contribution in [0.4, 0.5) is 0 Å². The van der Waals surface area contributed by atoms with E-state index in [9.17, 15) is 0 Å². The van der Waals surface area contributed by atoms with Gasteiger partial charge in [0.1, 0.15) is 0 Å². The van der Waals surface area contributed by atoms with Crippen LogP contribution in [-0.4, -0.2) is 0 Å². The minimum atomic E-state index is 1.22. The van der Waals surface area contributed by atoms with Gasteiger partial charge in [0.05, 0.1) is 0 Å². The molecule has 0 radical (unpaired) electrons. The van der Waals surface area contributed by atoms with Crippen molar-refractivity contribution in [3.05, 3.63) is 194 Å². The highest BCUT2D eigenvalue weighted by Crippen LogP contribution is 2.50. The van der Waals surface area contributed by atoms with Crippen molar-refractivity contribution in [2.24, 2.45) is 0 Å². The van der Waals surface area contributed by atoms with E-state index in [1.807, 2.05) is 0 Å². The highest BCUT2D eigenvalue weighted by atomic mass is 14.3. The molecule has 0 fully saturated rings. The van der Waals surface area contributed by atoms with Crippen molar-refractivity contribution in [3.8, 4) is 44.5 Å². The van der Waals surface area contributed by atoms with Crippen molar-refractivity contribution in [1.29, 1.82) is 0 Å². The summed E-state index contributed by atoms with van der Waals surface area (Å²) in [6, 6.07) is 71.7. The summed E-state index contributed by atoms with van der Waals surface area (Å²) in [6.45, 7) is 0. The molecule has 0 saturated heterocycles. The van der Waals surface area contributed by atoms with Crippen molar-refractivity contribution in [1.82, 2.24) is 0 Å². The highest BCUT2D eigenvalue weighted by Gasteiger charge is 2.22. The lowest BCUT2D eigenvalue weighted by Gasteiger charge is -2.22. The Morgan fingerprint density at radius 3 is 1.23 bits per heavy atom. The van der Waals surface area contributed by atoms with Crippen molar-refractivity contribution in [3.63, 3.8) is 0 Å². The molecule has 52 heavy (non-hydrogen) atoms. The molecule has 240 valence electrons. The maximum absolute atomic E-state index is 2.39. The molecule has 0 bridgehead atoms. The lowest BCUT2D eigenvalue weighted by Crippen LogP contribution is -1.94. The summed E-state index contributed by atoms with van der Waals surface area (Å²) in [6.07, 6.45) is 0. The Labute approximate surface area is 302 Å². The number of hydrogen-bond acceptors (Lipinski definition) is 0. The molecule has 11 aromatic carbocycles. The van der Waals surface area contributed by atoms with Crippen LogP contribution in [0.1, 0.15) is 0 Å². The quantitative estimate of drug-likeness (QED) is 0.131. The zero-order valence-corrected chi connectivity index (χ0v) is 28.5. The Morgan fingerprint density at radius 1 is 0.192 bits per heavy atom. The van der Waals surface area contributed by atoms with Crippen molar-refractivity contribution < 1.29 is 0 Å². The Hall–Kier alpha value is -6.76. The zero-order valence-electron chi connectivity index (χ0n) is 28.5. The van der Waals surface area contributed by atoms with Crippen LogP contribution in [0.15, 0.2) is 194 Å². The fourth-order valence-corrected chi connectivity index (χ4v) is 9.09. The highest BCUT2D eigenvalue weighted by molar-refractivity contribution is 6.41. The third-order valence-electron chi connectivity index (χ3n) is 11.2. The van der Waals surface area contributed by atoms with E-state index in [0.717, 1.165) is 0 Å². The molecule has 0 unspecified atom stereocenters. The predicted octanol–water partition coefficient (Wildman–Crippen LogP) is 14.7. The zero-order chi connectivity index (χ0) is 34.2.